The Morgan fingerprint density at radius 3 is 2.65 bits per heavy atom. The SMILES string of the molecule is CC(=O)n1c2ccccc2c2c3c(ccc21)C(=O)CC3. The second-order valence-electron chi connectivity index (χ2n) is 5.28. The summed E-state index contributed by atoms with van der Waals surface area (Å²) in [7, 11) is 0. The Morgan fingerprint density at radius 1 is 1.05 bits per heavy atom. The molecular weight excluding hydrogens is 250 g/mol. The molecule has 20 heavy (non-hydrogen) atoms. The first-order chi connectivity index (χ1) is 9.68. The molecular formula is C17H13NO2. The summed E-state index contributed by atoms with van der Waals surface area (Å²) in [5, 5.41) is 2.13. The van der Waals surface area contributed by atoms with Gasteiger partial charge in [0.25, 0.3) is 0 Å². The van der Waals surface area contributed by atoms with Gasteiger partial charge in [-0.25, -0.2) is 0 Å². The Kier molecular flexibility index (Phi) is 2.16. The zero-order chi connectivity index (χ0) is 13.9. The Hall–Kier alpha value is -2.42. The molecule has 0 saturated heterocycles. The highest BCUT2D eigenvalue weighted by Gasteiger charge is 2.25. The number of para-hydroxylation sites is 1. The van der Waals surface area contributed by atoms with Gasteiger partial charge < -0.3 is 0 Å². The van der Waals surface area contributed by atoms with Gasteiger partial charge in [0.05, 0.1) is 11.0 Å². The van der Waals surface area contributed by atoms with Gasteiger partial charge in [0.2, 0.25) is 5.91 Å². The van der Waals surface area contributed by atoms with E-state index in [1.807, 2.05) is 36.4 Å². The number of fused-ring (bicyclic) bond motifs is 5. The van der Waals surface area contributed by atoms with Gasteiger partial charge in [-0.15, -0.1) is 0 Å². The molecule has 0 spiro atoms. The lowest BCUT2D eigenvalue weighted by Gasteiger charge is -2.03. The van der Waals surface area contributed by atoms with Gasteiger partial charge in [-0.1, -0.05) is 18.2 Å². The van der Waals surface area contributed by atoms with Crippen LogP contribution < -0.4 is 0 Å². The summed E-state index contributed by atoms with van der Waals surface area (Å²) in [4.78, 5) is 23.9. The number of hydrogen-bond acceptors (Lipinski definition) is 2. The van der Waals surface area contributed by atoms with E-state index in [4.69, 9.17) is 0 Å². The van der Waals surface area contributed by atoms with Crippen molar-refractivity contribution in [2.75, 3.05) is 0 Å². The van der Waals surface area contributed by atoms with Crippen molar-refractivity contribution in [3.05, 3.63) is 47.5 Å². The zero-order valence-corrected chi connectivity index (χ0v) is 11.1. The van der Waals surface area contributed by atoms with Crippen LogP contribution in [-0.4, -0.2) is 16.3 Å². The van der Waals surface area contributed by atoms with Crippen LogP contribution in [0.3, 0.4) is 0 Å². The van der Waals surface area contributed by atoms with Crippen molar-refractivity contribution in [1.82, 2.24) is 4.57 Å². The molecule has 1 aromatic heterocycles. The second-order valence-corrected chi connectivity index (χ2v) is 5.28. The van der Waals surface area contributed by atoms with Crippen molar-refractivity contribution in [2.24, 2.45) is 0 Å². The minimum absolute atomic E-state index is 0.000438. The topological polar surface area (TPSA) is 39.1 Å². The number of hydrogen-bond donors (Lipinski definition) is 0. The molecule has 0 aliphatic heterocycles. The third kappa shape index (κ3) is 1.29. The minimum atomic E-state index is 0.000438. The molecule has 1 aliphatic rings. The molecule has 0 fully saturated rings. The molecule has 0 amide bonds. The van der Waals surface area contributed by atoms with E-state index >= 15 is 0 Å². The lowest BCUT2D eigenvalue weighted by atomic mass is 10.0. The van der Waals surface area contributed by atoms with E-state index in [1.165, 1.54) is 0 Å². The first kappa shape index (κ1) is 11.4. The lowest BCUT2D eigenvalue weighted by molar-refractivity contribution is 0.0945. The Morgan fingerprint density at radius 2 is 1.85 bits per heavy atom. The van der Waals surface area contributed by atoms with Gasteiger partial charge in [0.1, 0.15) is 0 Å². The summed E-state index contributed by atoms with van der Waals surface area (Å²) in [5.41, 5.74) is 3.75. The maximum atomic E-state index is 12.0. The fraction of sp³-hybridized carbons (Fsp3) is 0.176. The van der Waals surface area contributed by atoms with Crippen LogP contribution in [0.15, 0.2) is 36.4 Å². The van der Waals surface area contributed by atoms with E-state index < -0.39 is 0 Å². The Bertz CT molecular complexity index is 902. The van der Waals surface area contributed by atoms with Gasteiger partial charge >= 0.3 is 0 Å². The fourth-order valence-corrected chi connectivity index (χ4v) is 3.37. The van der Waals surface area contributed by atoms with Gasteiger partial charge in [-0.2, -0.15) is 0 Å². The number of rotatable bonds is 0. The van der Waals surface area contributed by atoms with E-state index in [0.29, 0.717) is 6.42 Å². The highest BCUT2D eigenvalue weighted by molar-refractivity contribution is 6.17. The Balaban J connectivity index is 2.29. The third-order valence-corrected chi connectivity index (χ3v) is 4.16. The van der Waals surface area contributed by atoms with Crippen molar-refractivity contribution in [2.45, 2.75) is 19.8 Å². The number of aromatic nitrogens is 1. The van der Waals surface area contributed by atoms with Crippen LogP contribution in [0.4, 0.5) is 0 Å². The van der Waals surface area contributed by atoms with Crippen molar-refractivity contribution in [3.8, 4) is 0 Å². The molecule has 4 rings (SSSR count). The van der Waals surface area contributed by atoms with Crippen LogP contribution in [0.1, 0.15) is 34.1 Å². The molecule has 98 valence electrons. The largest absolute Gasteiger partial charge is 0.294 e. The van der Waals surface area contributed by atoms with E-state index in [0.717, 1.165) is 39.4 Å². The van der Waals surface area contributed by atoms with E-state index in [1.54, 1.807) is 11.5 Å². The van der Waals surface area contributed by atoms with E-state index in [-0.39, 0.29) is 11.7 Å². The molecule has 2 aromatic carbocycles. The summed E-state index contributed by atoms with van der Waals surface area (Å²) in [6.07, 6.45) is 1.35. The van der Waals surface area contributed by atoms with Crippen molar-refractivity contribution in [1.29, 1.82) is 0 Å². The van der Waals surface area contributed by atoms with E-state index in [2.05, 4.69) is 0 Å². The zero-order valence-electron chi connectivity index (χ0n) is 11.1. The highest BCUT2D eigenvalue weighted by Crippen LogP contribution is 2.36. The molecule has 1 heterocycles. The summed E-state index contributed by atoms with van der Waals surface area (Å²) < 4.78 is 1.74. The van der Waals surface area contributed by atoms with Crippen LogP contribution in [-0.2, 0) is 6.42 Å². The number of aryl methyl sites for hydroxylation is 1. The average Bonchev–Trinajstić information content (AvgIpc) is 2.97. The molecule has 0 bridgehead atoms. The molecule has 1 aliphatic carbocycles. The minimum Gasteiger partial charge on any atom is -0.294 e. The smallest absolute Gasteiger partial charge is 0.228 e. The predicted molar refractivity (Wildman–Crippen MR) is 78.4 cm³/mol. The average molecular weight is 263 g/mol. The second kappa shape index (κ2) is 3.79. The van der Waals surface area contributed by atoms with Gasteiger partial charge in [0, 0.05) is 29.7 Å². The maximum absolute atomic E-state index is 12.0. The monoisotopic (exact) mass is 263 g/mol. The molecule has 3 nitrogen and oxygen atoms in total. The molecule has 3 aromatic rings. The number of nitrogens with zero attached hydrogens (tertiary/aromatic N) is 1. The molecule has 0 atom stereocenters. The molecule has 0 saturated carbocycles. The first-order valence-electron chi connectivity index (χ1n) is 6.77. The highest BCUT2D eigenvalue weighted by atomic mass is 16.1. The van der Waals surface area contributed by atoms with Crippen molar-refractivity contribution in [3.63, 3.8) is 0 Å². The van der Waals surface area contributed by atoms with E-state index in [9.17, 15) is 9.59 Å². The standard InChI is InChI=1S/C17H13NO2/c1-10(19)18-14-5-3-2-4-13(14)17-12-7-9-16(20)11(12)6-8-15(17)18/h2-6,8H,7,9H2,1H3. The summed E-state index contributed by atoms with van der Waals surface area (Å²) >= 11 is 0. The normalized spacial score (nSPS) is 14.2. The summed E-state index contributed by atoms with van der Waals surface area (Å²) in [6.45, 7) is 1.57. The van der Waals surface area contributed by atoms with Crippen LogP contribution in [0.5, 0.6) is 0 Å². The number of carbonyl (C=O) groups is 2. The summed E-state index contributed by atoms with van der Waals surface area (Å²) in [6, 6.07) is 11.7. The molecule has 0 unspecified atom stereocenters. The van der Waals surface area contributed by atoms with Crippen LogP contribution in [0.2, 0.25) is 0 Å². The van der Waals surface area contributed by atoms with Crippen LogP contribution in [0.25, 0.3) is 21.8 Å². The first-order valence-corrected chi connectivity index (χ1v) is 6.77. The van der Waals surface area contributed by atoms with Gasteiger partial charge in [-0.05, 0) is 30.2 Å². The predicted octanol–water partition coefficient (Wildman–Crippen LogP) is 3.58. The summed E-state index contributed by atoms with van der Waals surface area (Å²) in [5.74, 6) is 0.210. The molecule has 3 heteroatoms. The number of carbonyl (C=O) groups excluding carboxylic acids is 2. The van der Waals surface area contributed by atoms with Gasteiger partial charge in [0.15, 0.2) is 5.78 Å². The fourth-order valence-electron chi connectivity index (χ4n) is 3.37. The van der Waals surface area contributed by atoms with Gasteiger partial charge in [-0.3, -0.25) is 14.2 Å². The number of Topliss-reactive ketones (excluding diaryl/α,β-unsaturated/α-hetero) is 1. The third-order valence-electron chi connectivity index (χ3n) is 4.16. The van der Waals surface area contributed by atoms with Crippen molar-refractivity contribution >= 4 is 33.5 Å². The lowest BCUT2D eigenvalue weighted by Crippen LogP contribution is -2.04. The Labute approximate surface area is 115 Å². The van der Waals surface area contributed by atoms with Crippen LogP contribution >= 0.6 is 0 Å². The molecule has 0 N–H and O–H groups in total. The number of ketones is 1. The molecule has 0 radical (unpaired) electrons. The maximum Gasteiger partial charge on any atom is 0.228 e. The van der Waals surface area contributed by atoms with Crippen molar-refractivity contribution < 1.29 is 9.59 Å². The quantitative estimate of drug-likeness (QED) is 0.621. The van der Waals surface area contributed by atoms with Crippen LogP contribution in [0, 0.1) is 0 Å². The number of benzene rings is 2.